The second kappa shape index (κ2) is 5.31. The van der Waals surface area contributed by atoms with Crippen LogP contribution in [0.2, 0.25) is 0 Å². The number of anilines is 1. The van der Waals surface area contributed by atoms with Gasteiger partial charge in [0.25, 0.3) is 0 Å². The molecule has 0 aliphatic rings. The zero-order valence-corrected chi connectivity index (χ0v) is 10.9. The molecular formula is C9H8N3NaO3. The minimum Gasteiger partial charge on any atom is -0.735 e. The fraction of sp³-hybridized carbons (Fsp3) is 0.111. The molecule has 0 aliphatic carbocycles. The van der Waals surface area contributed by atoms with Crippen LogP contribution in [-0.2, 0) is 0 Å². The second-order valence-electron chi connectivity index (χ2n) is 2.94. The largest absolute Gasteiger partial charge is 1.00 e. The van der Waals surface area contributed by atoms with Crippen molar-refractivity contribution in [2.45, 2.75) is 0 Å². The Morgan fingerprint density at radius 1 is 1.50 bits per heavy atom. The fourth-order valence-electron chi connectivity index (χ4n) is 1.41. The van der Waals surface area contributed by atoms with Gasteiger partial charge in [-0.15, -0.1) is 4.91 Å². The van der Waals surface area contributed by atoms with Crippen LogP contribution in [0.15, 0.2) is 29.7 Å². The number of aromatic amines is 1. The summed E-state index contributed by atoms with van der Waals surface area (Å²) in [6.07, 6.45) is 1.43. The van der Waals surface area contributed by atoms with Crippen LogP contribution < -0.4 is 39.5 Å². The third-order valence-electron chi connectivity index (χ3n) is 2.15. The summed E-state index contributed by atoms with van der Waals surface area (Å²) in [5, 5.41) is 14.0. The average Bonchev–Trinajstić information content (AvgIpc) is 2.70. The number of benzene rings is 1. The van der Waals surface area contributed by atoms with Crippen LogP contribution in [0.1, 0.15) is 0 Å². The Hall–Kier alpha value is -1.08. The first-order chi connectivity index (χ1) is 7.26. The quantitative estimate of drug-likeness (QED) is 0.423. The summed E-state index contributed by atoms with van der Waals surface area (Å²) in [5.74, 6) is 0.614. The molecule has 1 aromatic heterocycles. The average molecular weight is 229 g/mol. The number of nitroso groups, excluding NO2 is 1. The molecule has 0 bridgehead atoms. The van der Waals surface area contributed by atoms with Crippen LogP contribution >= 0.6 is 0 Å². The van der Waals surface area contributed by atoms with Crippen molar-refractivity contribution in [2.75, 3.05) is 12.3 Å². The van der Waals surface area contributed by atoms with E-state index in [4.69, 9.17) is 4.74 Å². The van der Waals surface area contributed by atoms with Gasteiger partial charge in [0.15, 0.2) is 0 Å². The molecule has 1 N–H and O–H groups in total. The monoisotopic (exact) mass is 229 g/mol. The van der Waals surface area contributed by atoms with E-state index < -0.39 is 0 Å². The van der Waals surface area contributed by atoms with E-state index in [2.05, 4.69) is 10.3 Å². The van der Waals surface area contributed by atoms with Gasteiger partial charge < -0.3 is 14.9 Å². The topological polar surface area (TPSA) is 80.8 Å². The van der Waals surface area contributed by atoms with Crippen LogP contribution in [-0.4, -0.2) is 12.1 Å². The Labute approximate surface area is 113 Å². The van der Waals surface area contributed by atoms with Crippen molar-refractivity contribution in [3.8, 4) is 5.75 Å². The number of nitrogens with one attached hydrogen (secondary N) is 1. The van der Waals surface area contributed by atoms with Gasteiger partial charge in [0, 0.05) is 22.4 Å². The molecule has 1 aromatic carbocycles. The van der Waals surface area contributed by atoms with E-state index in [9.17, 15) is 10.1 Å². The molecule has 7 heteroatoms. The molecule has 0 unspecified atom stereocenters. The van der Waals surface area contributed by atoms with E-state index in [-0.39, 0.29) is 40.4 Å². The van der Waals surface area contributed by atoms with E-state index in [0.29, 0.717) is 11.1 Å². The molecule has 1 heterocycles. The summed E-state index contributed by atoms with van der Waals surface area (Å²) < 4.78 is 5.02. The normalized spacial score (nSPS) is 9.62. The smallest absolute Gasteiger partial charge is 0.735 e. The maximum Gasteiger partial charge on any atom is 1.00 e. The molecule has 0 aliphatic heterocycles. The molecule has 16 heavy (non-hydrogen) atoms. The van der Waals surface area contributed by atoms with Crippen molar-refractivity contribution < 1.29 is 34.3 Å². The summed E-state index contributed by atoms with van der Waals surface area (Å²) in [7, 11) is 1.53. The van der Waals surface area contributed by atoms with E-state index >= 15 is 0 Å². The van der Waals surface area contributed by atoms with Gasteiger partial charge in [-0.2, -0.15) is 0 Å². The van der Waals surface area contributed by atoms with Crippen molar-refractivity contribution in [1.29, 1.82) is 0 Å². The maximum atomic E-state index is 11.1. The molecule has 0 atom stereocenters. The van der Waals surface area contributed by atoms with Crippen molar-refractivity contribution in [3.05, 3.63) is 34.5 Å². The minimum absolute atomic E-state index is 0. The summed E-state index contributed by atoms with van der Waals surface area (Å²) in [6, 6.07) is 5.18. The number of rotatable bonds is 3. The van der Waals surface area contributed by atoms with Crippen molar-refractivity contribution >= 4 is 16.6 Å². The number of ether oxygens (including phenoxy) is 1. The Kier molecular flexibility index (Phi) is 4.31. The van der Waals surface area contributed by atoms with Crippen LogP contribution in [0.4, 0.5) is 5.69 Å². The summed E-state index contributed by atoms with van der Waals surface area (Å²) in [6.45, 7) is 0. The Balaban J connectivity index is 0.00000128. The molecule has 0 amide bonds. The zero-order chi connectivity index (χ0) is 10.8. The Bertz CT molecular complexity index is 500. The molecule has 0 spiro atoms. The molecular weight excluding hydrogens is 221 g/mol. The second-order valence-corrected chi connectivity index (χ2v) is 2.94. The molecule has 78 valence electrons. The Morgan fingerprint density at radius 3 is 2.88 bits per heavy atom. The van der Waals surface area contributed by atoms with Gasteiger partial charge in [0.2, 0.25) is 0 Å². The minimum atomic E-state index is 0. The van der Waals surface area contributed by atoms with E-state index in [1.54, 1.807) is 18.2 Å². The molecule has 2 rings (SSSR count). The number of methoxy groups -OCH3 is 1. The molecule has 0 saturated carbocycles. The fourth-order valence-corrected chi connectivity index (χ4v) is 1.41. The van der Waals surface area contributed by atoms with Crippen molar-refractivity contribution in [2.24, 2.45) is 5.29 Å². The third kappa shape index (κ3) is 2.19. The first-order valence-electron chi connectivity index (χ1n) is 4.22. The molecule has 2 aromatic rings. The maximum absolute atomic E-state index is 11.1. The van der Waals surface area contributed by atoms with Crippen molar-refractivity contribution in [3.63, 3.8) is 0 Å². The van der Waals surface area contributed by atoms with E-state index in [1.807, 2.05) is 0 Å². The molecule has 6 nitrogen and oxygen atoms in total. The first kappa shape index (κ1) is 13.0. The predicted octanol–water partition coefficient (Wildman–Crippen LogP) is -0.834. The summed E-state index contributed by atoms with van der Waals surface area (Å²) >= 11 is 0. The number of hydrogen-bond donors (Lipinski definition) is 1. The van der Waals surface area contributed by atoms with Gasteiger partial charge in [-0.05, 0) is 18.2 Å². The van der Waals surface area contributed by atoms with Gasteiger partial charge in [-0.3, -0.25) is 5.17 Å². The summed E-state index contributed by atoms with van der Waals surface area (Å²) in [4.78, 5) is 13.0. The van der Waals surface area contributed by atoms with E-state index in [0.717, 1.165) is 5.52 Å². The van der Waals surface area contributed by atoms with Gasteiger partial charge >= 0.3 is 29.6 Å². The van der Waals surface area contributed by atoms with Gasteiger partial charge in [0.05, 0.1) is 12.8 Å². The molecule has 0 saturated heterocycles. The van der Waals surface area contributed by atoms with Gasteiger partial charge in [-0.25, -0.2) is 0 Å². The zero-order valence-electron chi connectivity index (χ0n) is 8.93. The van der Waals surface area contributed by atoms with Gasteiger partial charge in [-0.1, -0.05) is 0 Å². The molecule has 0 radical (unpaired) electrons. The van der Waals surface area contributed by atoms with Crippen LogP contribution in [0.3, 0.4) is 0 Å². The van der Waals surface area contributed by atoms with Crippen LogP contribution in [0.5, 0.6) is 5.75 Å². The van der Waals surface area contributed by atoms with E-state index in [1.165, 1.54) is 13.3 Å². The van der Waals surface area contributed by atoms with Crippen molar-refractivity contribution in [1.82, 2.24) is 4.98 Å². The summed E-state index contributed by atoms with van der Waals surface area (Å²) in [5.41, 5.74) is 0.925. The molecule has 0 fully saturated rings. The number of aromatic nitrogens is 1. The number of hydrogen-bond acceptors (Lipinski definition) is 4. The number of nitrogens with zero attached hydrogens (tertiary/aromatic N) is 2. The van der Waals surface area contributed by atoms with Gasteiger partial charge in [0.1, 0.15) is 5.75 Å². The van der Waals surface area contributed by atoms with Crippen LogP contribution in [0.25, 0.3) is 10.9 Å². The predicted molar refractivity (Wildman–Crippen MR) is 56.5 cm³/mol. The standard InChI is InChI=1S/C9H8N3O3.Na/c1-15-6-2-3-8-7(4-6)9(5-10-8)12(14)11-13;/h2-5,10H,1H3;/q-1;+1. The third-order valence-corrected chi connectivity index (χ3v) is 2.15. The number of H-pyrrole nitrogens is 1. The van der Waals surface area contributed by atoms with Crippen LogP contribution in [0, 0.1) is 10.1 Å². The first-order valence-corrected chi connectivity index (χ1v) is 4.22. The number of fused-ring (bicyclic) bond motifs is 1. The SMILES string of the molecule is COc1ccc2[nH]cc(N([O-])N=O)c2c1.[Na+]. The Morgan fingerprint density at radius 2 is 2.25 bits per heavy atom.